The van der Waals surface area contributed by atoms with E-state index in [4.69, 9.17) is 11.2 Å². The Morgan fingerprint density at radius 3 is 2.67 bits per heavy atom. The molecule has 0 aliphatic rings. The molecule has 2 aromatic carbocycles. The average molecular weight is 318 g/mol. The van der Waals surface area contributed by atoms with Gasteiger partial charge in [0.05, 0.1) is 13.3 Å². The molecule has 0 aliphatic carbocycles. The quantitative estimate of drug-likeness (QED) is 0.522. The van der Waals surface area contributed by atoms with Gasteiger partial charge in [0.1, 0.15) is 5.75 Å². The normalized spacial score (nSPS) is 10.7. The number of allylic oxidation sites excluding steroid dienone is 1. The minimum Gasteiger partial charge on any atom is -0.497 e. The summed E-state index contributed by atoms with van der Waals surface area (Å²) in [6, 6.07) is 12.6. The van der Waals surface area contributed by atoms with E-state index in [2.05, 4.69) is 16.4 Å². The molecule has 2 aromatic rings. The predicted molar refractivity (Wildman–Crippen MR) is 97.1 cm³/mol. The van der Waals surface area contributed by atoms with E-state index >= 15 is 0 Å². The minimum atomic E-state index is -0.290. The topological polar surface area (TPSA) is 50.7 Å². The van der Waals surface area contributed by atoms with Gasteiger partial charge < -0.3 is 4.74 Å². The highest BCUT2D eigenvalue weighted by Crippen LogP contribution is 2.14. The number of rotatable bonds is 5. The second-order valence-electron chi connectivity index (χ2n) is 5.01. The van der Waals surface area contributed by atoms with Crippen LogP contribution < -0.4 is 10.2 Å². The van der Waals surface area contributed by atoms with Crippen LogP contribution in [0.2, 0.25) is 0 Å². The van der Waals surface area contributed by atoms with E-state index in [-0.39, 0.29) is 5.91 Å². The number of carbonyl (C=O) groups excluding carboxylic acids is 1. The summed E-state index contributed by atoms with van der Waals surface area (Å²) >= 11 is 0. The summed E-state index contributed by atoms with van der Waals surface area (Å²) in [4.78, 5) is 12.1. The highest BCUT2D eigenvalue weighted by Gasteiger charge is 2.04. The number of carbonyl (C=O) groups is 1. The van der Waals surface area contributed by atoms with Crippen molar-refractivity contribution in [1.29, 1.82) is 0 Å². The molecule has 1 N–H and O–H groups in total. The Morgan fingerprint density at radius 2 is 2.00 bits per heavy atom. The van der Waals surface area contributed by atoms with Gasteiger partial charge in [-0.2, -0.15) is 5.10 Å². The number of hydrogen-bond acceptors (Lipinski definition) is 3. The molecule has 1 amide bonds. The Labute approximate surface area is 141 Å². The zero-order valence-electron chi connectivity index (χ0n) is 13.6. The molecule has 0 radical (unpaired) electrons. The Hall–Kier alpha value is -3.32. The largest absolute Gasteiger partial charge is 0.497 e. The molecule has 0 aromatic heterocycles. The van der Waals surface area contributed by atoms with Crippen LogP contribution in [0.25, 0.3) is 6.08 Å². The molecule has 0 spiro atoms. The summed E-state index contributed by atoms with van der Waals surface area (Å²) in [6.45, 7) is 1.99. The zero-order chi connectivity index (χ0) is 17.4. The fourth-order valence-corrected chi connectivity index (χ4v) is 2.14. The first-order valence-corrected chi connectivity index (χ1v) is 7.35. The van der Waals surface area contributed by atoms with Crippen LogP contribution in [0.15, 0.2) is 53.6 Å². The molecular formula is C20H18N2O2. The third-order valence-corrected chi connectivity index (χ3v) is 3.43. The SMILES string of the molecule is C#C/C=C\c1c(C)cccc1/C=N/NC(=O)c1ccc(OC)cc1. The number of nitrogens with zero attached hydrogens (tertiary/aromatic N) is 1. The molecule has 0 heterocycles. The van der Waals surface area contributed by atoms with Gasteiger partial charge in [-0.3, -0.25) is 4.79 Å². The molecule has 24 heavy (non-hydrogen) atoms. The molecule has 0 bridgehead atoms. The van der Waals surface area contributed by atoms with Crippen molar-refractivity contribution in [3.8, 4) is 18.1 Å². The van der Waals surface area contributed by atoms with Gasteiger partial charge in [-0.15, -0.1) is 6.42 Å². The van der Waals surface area contributed by atoms with Crippen LogP contribution in [-0.2, 0) is 0 Å². The molecule has 2 rings (SSSR count). The van der Waals surface area contributed by atoms with Crippen molar-refractivity contribution >= 4 is 18.2 Å². The monoisotopic (exact) mass is 318 g/mol. The lowest BCUT2D eigenvalue weighted by Crippen LogP contribution is -2.17. The third kappa shape index (κ3) is 4.34. The Kier molecular flexibility index (Phi) is 5.93. The number of benzene rings is 2. The van der Waals surface area contributed by atoms with Gasteiger partial charge in [0, 0.05) is 11.1 Å². The number of hydrazone groups is 1. The van der Waals surface area contributed by atoms with E-state index < -0.39 is 0 Å². The maximum atomic E-state index is 12.1. The molecule has 0 unspecified atom stereocenters. The highest BCUT2D eigenvalue weighted by atomic mass is 16.5. The average Bonchev–Trinajstić information content (AvgIpc) is 2.61. The van der Waals surface area contributed by atoms with Crippen molar-refractivity contribution in [2.24, 2.45) is 5.10 Å². The van der Waals surface area contributed by atoms with Crippen LogP contribution in [0, 0.1) is 19.3 Å². The molecule has 4 heteroatoms. The van der Waals surface area contributed by atoms with Gasteiger partial charge in [0.15, 0.2) is 0 Å². The van der Waals surface area contributed by atoms with Gasteiger partial charge in [-0.05, 0) is 54.5 Å². The van der Waals surface area contributed by atoms with Gasteiger partial charge >= 0.3 is 0 Å². The summed E-state index contributed by atoms with van der Waals surface area (Å²) in [7, 11) is 1.58. The summed E-state index contributed by atoms with van der Waals surface area (Å²) in [5.74, 6) is 2.88. The number of aryl methyl sites for hydroxylation is 1. The van der Waals surface area contributed by atoms with Crippen LogP contribution in [0.4, 0.5) is 0 Å². The fourth-order valence-electron chi connectivity index (χ4n) is 2.14. The first kappa shape index (κ1) is 17.0. The van der Waals surface area contributed by atoms with Crippen LogP contribution in [0.5, 0.6) is 5.75 Å². The molecule has 0 aliphatic heterocycles. The minimum absolute atomic E-state index is 0.290. The molecule has 0 atom stereocenters. The number of methoxy groups -OCH3 is 1. The van der Waals surface area contributed by atoms with Crippen molar-refractivity contribution in [2.75, 3.05) is 7.11 Å². The van der Waals surface area contributed by atoms with Crippen LogP contribution in [0.1, 0.15) is 27.0 Å². The van der Waals surface area contributed by atoms with Crippen LogP contribution in [0.3, 0.4) is 0 Å². The van der Waals surface area contributed by atoms with E-state index in [1.165, 1.54) is 0 Å². The summed E-state index contributed by atoms with van der Waals surface area (Å²) in [5, 5.41) is 4.03. The lowest BCUT2D eigenvalue weighted by molar-refractivity contribution is 0.0955. The van der Waals surface area contributed by atoms with Crippen molar-refractivity contribution in [2.45, 2.75) is 6.92 Å². The second-order valence-corrected chi connectivity index (χ2v) is 5.01. The van der Waals surface area contributed by atoms with Gasteiger partial charge in [-0.1, -0.05) is 24.1 Å². The second kappa shape index (κ2) is 8.35. The van der Waals surface area contributed by atoms with Gasteiger partial charge in [0.25, 0.3) is 5.91 Å². The number of ether oxygens (including phenoxy) is 1. The summed E-state index contributed by atoms with van der Waals surface area (Å²) in [6.07, 6.45) is 10.4. The molecule has 0 saturated carbocycles. The number of amides is 1. The maximum absolute atomic E-state index is 12.1. The summed E-state index contributed by atoms with van der Waals surface area (Å²) in [5.41, 5.74) is 5.94. The zero-order valence-corrected chi connectivity index (χ0v) is 13.6. The van der Waals surface area contributed by atoms with Crippen molar-refractivity contribution < 1.29 is 9.53 Å². The third-order valence-electron chi connectivity index (χ3n) is 3.43. The number of nitrogens with one attached hydrogen (secondary N) is 1. The molecule has 4 nitrogen and oxygen atoms in total. The smallest absolute Gasteiger partial charge is 0.271 e. The van der Waals surface area contributed by atoms with E-state index in [0.29, 0.717) is 11.3 Å². The summed E-state index contributed by atoms with van der Waals surface area (Å²) < 4.78 is 5.06. The van der Waals surface area contributed by atoms with E-state index in [0.717, 1.165) is 16.7 Å². The molecule has 0 saturated heterocycles. The maximum Gasteiger partial charge on any atom is 0.271 e. The lowest BCUT2D eigenvalue weighted by atomic mass is 10.0. The molecule has 120 valence electrons. The first-order valence-electron chi connectivity index (χ1n) is 7.35. The molecular weight excluding hydrogens is 300 g/mol. The van der Waals surface area contributed by atoms with Crippen LogP contribution in [-0.4, -0.2) is 19.2 Å². The molecule has 0 fully saturated rings. The number of hydrogen-bond donors (Lipinski definition) is 1. The lowest BCUT2D eigenvalue weighted by Gasteiger charge is -2.05. The Bertz CT molecular complexity index is 813. The Morgan fingerprint density at radius 1 is 1.25 bits per heavy atom. The van der Waals surface area contributed by atoms with E-state index in [9.17, 15) is 4.79 Å². The van der Waals surface area contributed by atoms with E-state index in [1.54, 1.807) is 43.7 Å². The highest BCUT2D eigenvalue weighted by molar-refractivity contribution is 5.95. The van der Waals surface area contributed by atoms with Crippen molar-refractivity contribution in [3.05, 3.63) is 70.8 Å². The first-order chi connectivity index (χ1) is 11.7. The van der Waals surface area contributed by atoms with Crippen LogP contribution >= 0.6 is 0 Å². The fraction of sp³-hybridized carbons (Fsp3) is 0.100. The van der Waals surface area contributed by atoms with Crippen molar-refractivity contribution in [3.63, 3.8) is 0 Å². The van der Waals surface area contributed by atoms with Gasteiger partial charge in [-0.25, -0.2) is 5.43 Å². The van der Waals surface area contributed by atoms with Crippen molar-refractivity contribution in [1.82, 2.24) is 5.43 Å². The van der Waals surface area contributed by atoms with E-state index in [1.807, 2.05) is 31.2 Å². The number of terminal acetylenes is 1. The van der Waals surface area contributed by atoms with Gasteiger partial charge in [0.2, 0.25) is 0 Å². The predicted octanol–water partition coefficient (Wildman–Crippen LogP) is 3.41. The Balaban J connectivity index is 2.11. The standard InChI is InChI=1S/C20H18N2O2/c1-4-5-9-19-15(2)7-6-8-17(19)14-21-22-20(23)16-10-12-18(24-3)13-11-16/h1,5-14H,2-3H3,(H,22,23)/b9-5-,21-14+.